The summed E-state index contributed by atoms with van der Waals surface area (Å²) in [6, 6.07) is 4.26. The van der Waals surface area contributed by atoms with Crippen molar-refractivity contribution in [2.24, 2.45) is 5.92 Å². The van der Waals surface area contributed by atoms with Crippen LogP contribution < -0.4 is 9.62 Å². The van der Waals surface area contributed by atoms with Gasteiger partial charge >= 0.3 is 0 Å². The molecule has 6 heteroatoms. The van der Waals surface area contributed by atoms with Crippen LogP contribution in [0.4, 0.5) is 0 Å². The fourth-order valence-corrected chi connectivity index (χ4v) is 5.58. The number of rotatable bonds is 1. The van der Waals surface area contributed by atoms with Crippen LogP contribution in [0, 0.1) is 5.92 Å². The van der Waals surface area contributed by atoms with Gasteiger partial charge in [-0.1, -0.05) is 6.07 Å². The molecule has 2 bridgehead atoms. The second kappa shape index (κ2) is 4.85. The van der Waals surface area contributed by atoms with E-state index in [4.69, 9.17) is 9.99 Å². The first kappa shape index (κ1) is 15.2. The van der Waals surface area contributed by atoms with Crippen LogP contribution >= 0.6 is 12.4 Å². The Labute approximate surface area is 140 Å². The molecule has 0 radical (unpaired) electrons. The molecule has 124 valence electrons. The number of ketones is 1. The molecule has 5 nitrogen and oxygen atoms in total. The van der Waals surface area contributed by atoms with E-state index in [1.807, 2.05) is 6.07 Å². The lowest BCUT2D eigenvalue weighted by molar-refractivity contribution is -0.143. The number of likely N-dealkylation sites (N-methyl/N-ethyl adjacent to an activating group) is 1. The van der Waals surface area contributed by atoms with Crippen molar-refractivity contribution in [3.05, 3.63) is 23.3 Å². The first-order valence-electron chi connectivity index (χ1n) is 8.04. The van der Waals surface area contributed by atoms with Gasteiger partial charge in [0.05, 0.1) is 0 Å². The van der Waals surface area contributed by atoms with E-state index in [1.54, 1.807) is 6.07 Å². The molecule has 1 spiro atoms. The van der Waals surface area contributed by atoms with Gasteiger partial charge in [-0.15, -0.1) is 12.4 Å². The summed E-state index contributed by atoms with van der Waals surface area (Å²) in [5.74, 6) is 1.60. The van der Waals surface area contributed by atoms with Crippen LogP contribution in [-0.4, -0.2) is 41.7 Å². The number of nitrogens with zero attached hydrogens (tertiary/aromatic N) is 1. The van der Waals surface area contributed by atoms with Crippen LogP contribution in [0.1, 0.15) is 30.4 Å². The number of piperidine rings is 1. The minimum absolute atomic E-state index is 0. The van der Waals surface area contributed by atoms with Gasteiger partial charge in [-0.25, -0.2) is 5.26 Å². The molecule has 1 saturated heterocycles. The van der Waals surface area contributed by atoms with Crippen molar-refractivity contribution >= 4 is 18.2 Å². The molecular formula is C17H20ClNO4. The van der Waals surface area contributed by atoms with Crippen molar-refractivity contribution in [2.75, 3.05) is 13.6 Å². The van der Waals surface area contributed by atoms with E-state index < -0.39 is 6.10 Å². The quantitative estimate of drug-likeness (QED) is 0.629. The van der Waals surface area contributed by atoms with Crippen LogP contribution in [0.15, 0.2) is 12.1 Å². The molecule has 23 heavy (non-hydrogen) atoms. The Bertz CT molecular complexity index is 693. The van der Waals surface area contributed by atoms with E-state index in [0.29, 0.717) is 29.9 Å². The molecule has 2 aliphatic carbocycles. The molecule has 0 amide bonds. The van der Waals surface area contributed by atoms with Crippen molar-refractivity contribution in [1.29, 1.82) is 0 Å². The Morgan fingerprint density at radius 3 is 3.04 bits per heavy atom. The van der Waals surface area contributed by atoms with Crippen molar-refractivity contribution in [3.8, 4) is 11.5 Å². The molecule has 1 N–H and O–H groups in total. The maximum atomic E-state index is 12.6. The molecule has 4 aliphatic rings. The van der Waals surface area contributed by atoms with E-state index in [0.717, 1.165) is 31.4 Å². The highest BCUT2D eigenvalue weighted by atomic mass is 35.5. The fraction of sp³-hybridized carbons (Fsp3) is 0.588. The number of carbonyl (C=O) groups excluding carboxylic acids is 1. The van der Waals surface area contributed by atoms with Crippen LogP contribution in [-0.2, 0) is 16.6 Å². The summed E-state index contributed by atoms with van der Waals surface area (Å²) in [4.78, 5) is 19.5. The highest BCUT2D eigenvalue weighted by molar-refractivity contribution is 5.89. The summed E-state index contributed by atoms with van der Waals surface area (Å²) < 4.78 is 6.10. The summed E-state index contributed by atoms with van der Waals surface area (Å²) in [5.41, 5.74) is 2.19. The van der Waals surface area contributed by atoms with Gasteiger partial charge in [0.2, 0.25) is 5.75 Å². The Hall–Kier alpha value is -1.30. The summed E-state index contributed by atoms with van der Waals surface area (Å²) in [6.45, 7) is 0.984. The monoisotopic (exact) mass is 337 g/mol. The van der Waals surface area contributed by atoms with Crippen molar-refractivity contribution in [3.63, 3.8) is 0 Å². The average molecular weight is 338 g/mol. The van der Waals surface area contributed by atoms with Gasteiger partial charge in [0.1, 0.15) is 0 Å². The predicted molar refractivity (Wildman–Crippen MR) is 85.5 cm³/mol. The Balaban J connectivity index is 0.00000135. The van der Waals surface area contributed by atoms with Gasteiger partial charge in [-0.2, -0.15) is 0 Å². The number of hydrogen-bond acceptors (Lipinski definition) is 5. The second-order valence-electron chi connectivity index (χ2n) is 7.17. The molecule has 4 atom stereocenters. The van der Waals surface area contributed by atoms with E-state index in [2.05, 4.69) is 16.8 Å². The fourth-order valence-electron chi connectivity index (χ4n) is 5.58. The van der Waals surface area contributed by atoms with Gasteiger partial charge < -0.3 is 14.5 Å². The van der Waals surface area contributed by atoms with Crippen molar-refractivity contribution < 1.29 is 19.7 Å². The molecular weight excluding hydrogens is 318 g/mol. The Morgan fingerprint density at radius 1 is 1.43 bits per heavy atom. The molecule has 5 rings (SSSR count). The molecule has 0 aromatic heterocycles. The van der Waals surface area contributed by atoms with Crippen LogP contribution in [0.2, 0.25) is 0 Å². The lowest BCUT2D eigenvalue weighted by Crippen LogP contribution is -2.65. The van der Waals surface area contributed by atoms with E-state index in [9.17, 15) is 4.79 Å². The summed E-state index contributed by atoms with van der Waals surface area (Å²) >= 11 is 0. The molecule has 1 saturated carbocycles. The van der Waals surface area contributed by atoms with E-state index in [-0.39, 0.29) is 23.6 Å². The number of halogens is 1. The van der Waals surface area contributed by atoms with Crippen LogP contribution in [0.5, 0.6) is 11.5 Å². The lowest BCUT2D eigenvalue weighted by atomic mass is 9.52. The predicted octanol–water partition coefficient (Wildman–Crippen LogP) is 2.20. The molecule has 1 aromatic rings. The summed E-state index contributed by atoms with van der Waals surface area (Å²) in [6.07, 6.45) is 3.07. The highest BCUT2D eigenvalue weighted by Gasteiger charge is 2.65. The number of benzene rings is 1. The van der Waals surface area contributed by atoms with Crippen molar-refractivity contribution in [1.82, 2.24) is 4.90 Å². The largest absolute Gasteiger partial charge is 0.477 e. The van der Waals surface area contributed by atoms with Gasteiger partial charge in [0.25, 0.3) is 0 Å². The molecule has 2 heterocycles. The normalized spacial score (nSPS) is 36.8. The summed E-state index contributed by atoms with van der Waals surface area (Å²) in [5, 5.41) is 9.17. The minimum Gasteiger partial charge on any atom is -0.477 e. The molecule has 2 aliphatic heterocycles. The highest BCUT2D eigenvalue weighted by Crippen LogP contribution is 2.62. The minimum atomic E-state index is -0.396. The summed E-state index contributed by atoms with van der Waals surface area (Å²) in [7, 11) is 2.19. The maximum absolute atomic E-state index is 12.6. The van der Waals surface area contributed by atoms with Gasteiger partial charge in [0, 0.05) is 23.4 Å². The van der Waals surface area contributed by atoms with Crippen LogP contribution in [0.3, 0.4) is 0 Å². The number of ether oxygens (including phenoxy) is 1. The number of hydrogen-bond donors (Lipinski definition) is 1. The third kappa shape index (κ3) is 1.63. The number of Topliss-reactive ketones (excluding diaryl/α,β-unsaturated/α-hetero) is 1. The third-order valence-electron chi connectivity index (χ3n) is 6.47. The third-order valence-corrected chi connectivity index (χ3v) is 6.47. The molecule has 1 aromatic carbocycles. The van der Waals surface area contributed by atoms with Gasteiger partial charge in [-0.05, 0) is 50.4 Å². The second-order valence-corrected chi connectivity index (χ2v) is 7.17. The smallest absolute Gasteiger partial charge is 0.207 e. The number of likely N-dealkylation sites (tertiary alicyclic amines) is 1. The van der Waals surface area contributed by atoms with Gasteiger partial charge in [-0.3, -0.25) is 4.79 Å². The van der Waals surface area contributed by atoms with Crippen LogP contribution in [0.25, 0.3) is 0 Å². The SMILES string of the molecule is CN1CC[C@]23c4c5ccc(OO)c4O[C@H]2C(=O)CC[C@H]3[C@H]1C5.Cl. The van der Waals surface area contributed by atoms with E-state index >= 15 is 0 Å². The Kier molecular flexibility index (Phi) is 3.21. The van der Waals surface area contributed by atoms with Crippen molar-refractivity contribution in [2.45, 2.75) is 43.2 Å². The zero-order chi connectivity index (χ0) is 15.1. The maximum Gasteiger partial charge on any atom is 0.207 e. The first-order chi connectivity index (χ1) is 10.7. The zero-order valence-corrected chi connectivity index (χ0v) is 13.8. The lowest BCUT2D eigenvalue weighted by Gasteiger charge is -2.57. The average Bonchev–Trinajstić information content (AvgIpc) is 2.88. The molecule has 2 fully saturated rings. The molecule has 0 unspecified atom stereocenters. The van der Waals surface area contributed by atoms with Gasteiger partial charge in [0.15, 0.2) is 17.6 Å². The topological polar surface area (TPSA) is 59.0 Å². The standard InChI is InChI=1S/C17H19NO4.ClH/c1-18-7-6-17-10-3-4-12(19)16(17)21-15-13(22-20)5-2-9(14(15)17)8-11(10)18;/h2,5,10-11,16,20H,3-4,6-8H2,1H3;1H/t10-,11+,16-,17-;/m0./s1. The number of carbonyl (C=O) groups is 1. The first-order valence-corrected chi connectivity index (χ1v) is 8.04. The zero-order valence-electron chi connectivity index (χ0n) is 12.9. The Morgan fingerprint density at radius 2 is 2.26 bits per heavy atom. The van der Waals surface area contributed by atoms with E-state index in [1.165, 1.54) is 5.56 Å².